The predicted molar refractivity (Wildman–Crippen MR) is 172 cm³/mol. The van der Waals surface area contributed by atoms with Crippen LogP contribution in [0.4, 0.5) is 0 Å². The number of allylic oxidation sites excluding steroid dienone is 4. The number of epoxide rings is 1. The molecule has 6 nitrogen and oxygen atoms in total. The van der Waals surface area contributed by atoms with Crippen molar-refractivity contribution in [1.82, 2.24) is 0 Å². The Hall–Kier alpha value is -1.92. The van der Waals surface area contributed by atoms with Crippen LogP contribution in [0.15, 0.2) is 36.5 Å². The molecule has 6 heteroatoms. The topological polar surface area (TPSA) is 85.4 Å². The molecule has 0 bridgehead atoms. The third-order valence-corrected chi connectivity index (χ3v) is 7.52. The fourth-order valence-electron chi connectivity index (χ4n) is 4.77. The standard InChI is InChI=1S/C36H62O6/c1-4-5-6-7-15-20-25-33-34(42-33)26-21-16-11-9-12-17-22-27-35(38)40-30-32(29-37)41-36(39)28-23-18-13-8-10-14-19-24-31(2)3/h9,12,15-16,20-21,31-34,37H,4-8,10-11,13-14,17-19,22-30H2,1-3H3/b12-9-,20-15-,21-16-/t32-,33?,34?/m0/s1. The Morgan fingerprint density at radius 2 is 1.33 bits per heavy atom. The summed E-state index contributed by atoms with van der Waals surface area (Å²) in [5.41, 5.74) is 0. The van der Waals surface area contributed by atoms with Crippen molar-refractivity contribution in [2.45, 2.75) is 161 Å². The third kappa shape index (κ3) is 23.6. The molecule has 1 saturated heterocycles. The van der Waals surface area contributed by atoms with Crippen molar-refractivity contribution < 1.29 is 28.9 Å². The van der Waals surface area contributed by atoms with Crippen molar-refractivity contribution >= 4 is 11.9 Å². The van der Waals surface area contributed by atoms with Gasteiger partial charge in [0.25, 0.3) is 0 Å². The summed E-state index contributed by atoms with van der Waals surface area (Å²) in [7, 11) is 0. The van der Waals surface area contributed by atoms with Crippen LogP contribution >= 0.6 is 0 Å². The molecule has 1 N–H and O–H groups in total. The monoisotopic (exact) mass is 590 g/mol. The lowest BCUT2D eigenvalue weighted by atomic mass is 10.0. The fourth-order valence-corrected chi connectivity index (χ4v) is 4.77. The zero-order chi connectivity index (χ0) is 30.7. The molecular weight excluding hydrogens is 528 g/mol. The smallest absolute Gasteiger partial charge is 0.306 e. The summed E-state index contributed by atoms with van der Waals surface area (Å²) in [4.78, 5) is 24.1. The first-order valence-electron chi connectivity index (χ1n) is 17.0. The van der Waals surface area contributed by atoms with E-state index < -0.39 is 6.10 Å². The molecule has 0 radical (unpaired) electrons. The number of hydrogen-bond donors (Lipinski definition) is 1. The Kier molecular flexibility index (Phi) is 24.2. The molecule has 42 heavy (non-hydrogen) atoms. The third-order valence-electron chi connectivity index (χ3n) is 7.52. The number of aliphatic hydroxyl groups excluding tert-OH is 1. The molecule has 0 amide bonds. The van der Waals surface area contributed by atoms with Crippen molar-refractivity contribution in [3.8, 4) is 0 Å². The number of carbonyl (C=O) groups is 2. The van der Waals surface area contributed by atoms with Crippen LogP contribution in [0.2, 0.25) is 0 Å². The van der Waals surface area contributed by atoms with Gasteiger partial charge in [-0.15, -0.1) is 0 Å². The van der Waals surface area contributed by atoms with Gasteiger partial charge >= 0.3 is 11.9 Å². The highest BCUT2D eigenvalue weighted by atomic mass is 16.6. The molecule has 0 spiro atoms. The maximum absolute atomic E-state index is 12.1. The van der Waals surface area contributed by atoms with Crippen molar-refractivity contribution in [2.75, 3.05) is 13.2 Å². The van der Waals surface area contributed by atoms with Gasteiger partial charge in [0.2, 0.25) is 0 Å². The van der Waals surface area contributed by atoms with E-state index >= 15 is 0 Å². The minimum absolute atomic E-state index is 0.0983. The SMILES string of the molecule is CCCCC/C=C\CC1OC1C/C=C\C/C=C\CCCC(=O)OC[C@H](CO)OC(=O)CCCCCCCCCC(C)C. The normalized spacial score (nSPS) is 17.5. The van der Waals surface area contributed by atoms with Gasteiger partial charge in [-0.3, -0.25) is 9.59 Å². The minimum Gasteiger partial charge on any atom is -0.462 e. The Morgan fingerprint density at radius 3 is 2.02 bits per heavy atom. The number of ether oxygens (including phenoxy) is 3. The van der Waals surface area contributed by atoms with Crippen LogP contribution in [0.1, 0.15) is 143 Å². The first kappa shape index (κ1) is 38.1. The van der Waals surface area contributed by atoms with Crippen molar-refractivity contribution in [3.63, 3.8) is 0 Å². The van der Waals surface area contributed by atoms with Gasteiger partial charge in [-0.05, 0) is 57.3 Å². The van der Waals surface area contributed by atoms with Crippen LogP contribution in [-0.2, 0) is 23.8 Å². The van der Waals surface area contributed by atoms with E-state index in [1.807, 2.05) is 0 Å². The molecule has 0 aromatic carbocycles. The Labute approximate surface area is 257 Å². The van der Waals surface area contributed by atoms with Crippen molar-refractivity contribution in [1.29, 1.82) is 0 Å². The van der Waals surface area contributed by atoms with Gasteiger partial charge in [0.15, 0.2) is 6.10 Å². The van der Waals surface area contributed by atoms with E-state index in [0.29, 0.717) is 31.5 Å². The van der Waals surface area contributed by atoms with Crippen LogP contribution in [0.5, 0.6) is 0 Å². The Bertz CT molecular complexity index is 756. The molecule has 2 unspecified atom stereocenters. The highest BCUT2D eigenvalue weighted by molar-refractivity contribution is 5.70. The van der Waals surface area contributed by atoms with Gasteiger partial charge < -0.3 is 19.3 Å². The van der Waals surface area contributed by atoms with Gasteiger partial charge in [-0.1, -0.05) is 115 Å². The van der Waals surface area contributed by atoms with E-state index in [1.54, 1.807) is 0 Å². The average molecular weight is 591 g/mol. The first-order chi connectivity index (χ1) is 20.5. The second kappa shape index (κ2) is 26.7. The molecule has 3 atom stereocenters. The van der Waals surface area contributed by atoms with Crippen LogP contribution < -0.4 is 0 Å². The molecule has 242 valence electrons. The van der Waals surface area contributed by atoms with Crippen LogP contribution in [0.3, 0.4) is 0 Å². The van der Waals surface area contributed by atoms with Crippen LogP contribution in [-0.4, -0.2) is 48.6 Å². The van der Waals surface area contributed by atoms with Gasteiger partial charge in [0.05, 0.1) is 18.8 Å². The van der Waals surface area contributed by atoms with E-state index in [2.05, 4.69) is 57.2 Å². The summed E-state index contributed by atoms with van der Waals surface area (Å²) in [6.07, 6.45) is 32.4. The van der Waals surface area contributed by atoms with Crippen LogP contribution in [0.25, 0.3) is 0 Å². The van der Waals surface area contributed by atoms with E-state index in [4.69, 9.17) is 14.2 Å². The maximum atomic E-state index is 12.1. The first-order valence-corrected chi connectivity index (χ1v) is 17.0. The van der Waals surface area contributed by atoms with Gasteiger partial charge in [0.1, 0.15) is 6.61 Å². The fraction of sp³-hybridized carbons (Fsp3) is 0.778. The molecule has 0 aromatic rings. The largest absolute Gasteiger partial charge is 0.462 e. The molecule has 1 aliphatic heterocycles. The summed E-state index contributed by atoms with van der Waals surface area (Å²) < 4.78 is 16.2. The zero-order valence-electron chi connectivity index (χ0n) is 27.1. The van der Waals surface area contributed by atoms with E-state index in [-0.39, 0.29) is 25.2 Å². The molecule has 0 saturated carbocycles. The summed E-state index contributed by atoms with van der Waals surface area (Å²) in [5, 5.41) is 9.49. The number of carbonyl (C=O) groups excluding carboxylic acids is 2. The lowest BCUT2D eigenvalue weighted by Crippen LogP contribution is -2.28. The van der Waals surface area contributed by atoms with E-state index in [1.165, 1.54) is 57.8 Å². The summed E-state index contributed by atoms with van der Waals surface area (Å²) >= 11 is 0. The van der Waals surface area contributed by atoms with Gasteiger partial charge in [0, 0.05) is 12.8 Å². The molecule has 0 aliphatic carbocycles. The lowest BCUT2D eigenvalue weighted by Gasteiger charge is -2.15. The van der Waals surface area contributed by atoms with E-state index in [9.17, 15) is 14.7 Å². The molecule has 0 aromatic heterocycles. The second-order valence-corrected chi connectivity index (χ2v) is 12.1. The summed E-state index contributed by atoms with van der Waals surface area (Å²) in [5.74, 6) is 0.115. The molecule has 1 heterocycles. The zero-order valence-corrected chi connectivity index (χ0v) is 27.1. The second-order valence-electron chi connectivity index (χ2n) is 12.1. The maximum Gasteiger partial charge on any atom is 0.306 e. The minimum atomic E-state index is -0.794. The van der Waals surface area contributed by atoms with Crippen LogP contribution in [0, 0.1) is 5.92 Å². The molecular formula is C36H62O6. The number of hydrogen-bond acceptors (Lipinski definition) is 6. The molecule has 1 aliphatic rings. The molecule has 1 rings (SSSR count). The highest BCUT2D eigenvalue weighted by Crippen LogP contribution is 2.29. The summed E-state index contributed by atoms with van der Waals surface area (Å²) in [6.45, 7) is 6.31. The van der Waals surface area contributed by atoms with Crippen molar-refractivity contribution in [3.05, 3.63) is 36.5 Å². The predicted octanol–water partition coefficient (Wildman–Crippen LogP) is 8.96. The van der Waals surface area contributed by atoms with E-state index in [0.717, 1.165) is 50.9 Å². The van der Waals surface area contributed by atoms with Gasteiger partial charge in [-0.2, -0.15) is 0 Å². The molecule has 1 fully saturated rings. The lowest BCUT2D eigenvalue weighted by molar-refractivity contribution is -0.161. The average Bonchev–Trinajstić information content (AvgIpc) is 3.72. The van der Waals surface area contributed by atoms with Gasteiger partial charge in [-0.25, -0.2) is 0 Å². The quantitative estimate of drug-likeness (QED) is 0.0424. The number of esters is 2. The number of rotatable bonds is 28. The highest BCUT2D eigenvalue weighted by Gasteiger charge is 2.35. The summed E-state index contributed by atoms with van der Waals surface area (Å²) in [6, 6.07) is 0. The Morgan fingerprint density at radius 1 is 0.738 bits per heavy atom. The number of unbranched alkanes of at least 4 members (excludes halogenated alkanes) is 10. The van der Waals surface area contributed by atoms with Crippen molar-refractivity contribution in [2.24, 2.45) is 5.92 Å². The number of aliphatic hydroxyl groups is 1. The Balaban J connectivity index is 1.97.